The predicted octanol–water partition coefficient (Wildman–Crippen LogP) is 4.69. The number of nitrogens with one attached hydrogen (secondary N) is 1. The van der Waals surface area contributed by atoms with E-state index in [2.05, 4.69) is 10.3 Å². The molecule has 8 heteroatoms. The first-order valence-electron chi connectivity index (χ1n) is 9.09. The number of rotatable bonds is 5. The van der Waals surface area contributed by atoms with Gasteiger partial charge in [0.15, 0.2) is 6.61 Å². The van der Waals surface area contributed by atoms with Crippen molar-refractivity contribution in [1.82, 2.24) is 4.98 Å². The average molecular weight is 430 g/mol. The monoisotopic (exact) mass is 429 g/mol. The van der Waals surface area contributed by atoms with Gasteiger partial charge in [0.1, 0.15) is 11.3 Å². The fourth-order valence-corrected chi connectivity index (χ4v) is 3.64. The van der Waals surface area contributed by atoms with Gasteiger partial charge in [0, 0.05) is 30.2 Å². The van der Waals surface area contributed by atoms with E-state index < -0.39 is 0 Å². The second-order valence-electron chi connectivity index (χ2n) is 6.60. The van der Waals surface area contributed by atoms with E-state index in [4.69, 9.17) is 27.9 Å². The Kier molecular flexibility index (Phi) is 5.56. The molecule has 0 atom stereocenters. The van der Waals surface area contributed by atoms with Crippen LogP contribution < -0.4 is 15.0 Å². The lowest BCUT2D eigenvalue weighted by Crippen LogP contribution is -2.24. The molecule has 6 nitrogen and oxygen atoms in total. The van der Waals surface area contributed by atoms with Gasteiger partial charge in [-0.15, -0.1) is 0 Å². The summed E-state index contributed by atoms with van der Waals surface area (Å²) in [6.07, 6.45) is 2.98. The smallest absolute Gasteiger partial charge is 0.262 e. The van der Waals surface area contributed by atoms with Gasteiger partial charge >= 0.3 is 0 Å². The number of hydrogen-bond donors (Lipinski definition) is 1. The molecule has 2 amide bonds. The molecular weight excluding hydrogens is 413 g/mol. The Morgan fingerprint density at radius 2 is 2.00 bits per heavy atom. The van der Waals surface area contributed by atoms with Gasteiger partial charge in [0.05, 0.1) is 15.7 Å². The molecule has 1 saturated heterocycles. The van der Waals surface area contributed by atoms with Crippen LogP contribution in [0.2, 0.25) is 10.0 Å². The number of carbonyl (C=O) groups excluding carboxylic acids is 2. The minimum absolute atomic E-state index is 0.0649. The lowest BCUT2D eigenvalue weighted by molar-refractivity contribution is -0.118. The Labute approximate surface area is 177 Å². The van der Waals surface area contributed by atoms with E-state index >= 15 is 0 Å². The van der Waals surface area contributed by atoms with Gasteiger partial charge in [-0.25, -0.2) is 0 Å². The normalized spacial score (nSPS) is 13.7. The highest BCUT2D eigenvalue weighted by Gasteiger charge is 2.22. The number of pyridine rings is 1. The van der Waals surface area contributed by atoms with Crippen LogP contribution in [0.1, 0.15) is 12.8 Å². The van der Waals surface area contributed by atoms with E-state index in [9.17, 15) is 9.59 Å². The van der Waals surface area contributed by atoms with Crippen LogP contribution in [-0.4, -0.2) is 29.9 Å². The van der Waals surface area contributed by atoms with Crippen molar-refractivity contribution in [3.63, 3.8) is 0 Å². The van der Waals surface area contributed by atoms with Crippen molar-refractivity contribution >= 4 is 57.3 Å². The molecule has 4 rings (SSSR count). The predicted molar refractivity (Wildman–Crippen MR) is 114 cm³/mol. The first kappa shape index (κ1) is 19.5. The minimum Gasteiger partial charge on any atom is -0.481 e. The molecule has 1 fully saturated rings. The molecule has 1 aliphatic heterocycles. The molecule has 2 aromatic carbocycles. The van der Waals surface area contributed by atoms with Gasteiger partial charge in [0.25, 0.3) is 5.91 Å². The van der Waals surface area contributed by atoms with Crippen LogP contribution in [-0.2, 0) is 9.59 Å². The van der Waals surface area contributed by atoms with E-state index in [1.165, 1.54) is 0 Å². The Morgan fingerprint density at radius 1 is 1.17 bits per heavy atom. The highest BCUT2D eigenvalue weighted by atomic mass is 35.5. The van der Waals surface area contributed by atoms with Crippen molar-refractivity contribution in [2.45, 2.75) is 12.8 Å². The first-order chi connectivity index (χ1) is 14.0. The number of ether oxygens (including phenoxy) is 1. The zero-order chi connectivity index (χ0) is 20.4. The maximum absolute atomic E-state index is 12.4. The quantitative estimate of drug-likeness (QED) is 0.638. The largest absolute Gasteiger partial charge is 0.481 e. The summed E-state index contributed by atoms with van der Waals surface area (Å²) in [5.74, 6) is 0.147. The number of nitrogens with zero attached hydrogens (tertiary/aromatic N) is 2. The van der Waals surface area contributed by atoms with E-state index in [1.807, 2.05) is 6.07 Å². The van der Waals surface area contributed by atoms with Crippen molar-refractivity contribution in [3.05, 3.63) is 58.7 Å². The lowest BCUT2D eigenvalue weighted by Gasteiger charge is -2.17. The Balaban J connectivity index is 1.47. The highest BCUT2D eigenvalue weighted by molar-refractivity contribution is 6.35. The van der Waals surface area contributed by atoms with Crippen LogP contribution in [0.3, 0.4) is 0 Å². The van der Waals surface area contributed by atoms with Gasteiger partial charge in [-0.1, -0.05) is 23.2 Å². The Morgan fingerprint density at radius 3 is 2.79 bits per heavy atom. The molecule has 1 N–H and O–H groups in total. The van der Waals surface area contributed by atoms with E-state index in [1.54, 1.807) is 47.5 Å². The maximum atomic E-state index is 12.4. The molecule has 0 unspecified atom stereocenters. The standard InChI is InChI=1S/C21H17Cl2N3O3/c22-15-7-8-18(21-14(15)3-1-9-24-21)29-12-19(27)25-17-11-13(5-6-16(17)23)26-10-2-4-20(26)28/h1,3,5-9,11H,2,4,10,12H2,(H,25,27). The van der Waals surface area contributed by atoms with E-state index in [0.29, 0.717) is 45.7 Å². The number of aromatic nitrogens is 1. The van der Waals surface area contributed by atoms with Gasteiger partial charge in [-0.3, -0.25) is 14.6 Å². The number of halogens is 2. The molecule has 0 saturated carbocycles. The van der Waals surface area contributed by atoms with Crippen LogP contribution in [0.25, 0.3) is 10.9 Å². The highest BCUT2D eigenvalue weighted by Crippen LogP contribution is 2.31. The van der Waals surface area contributed by atoms with Gasteiger partial charge < -0.3 is 15.0 Å². The van der Waals surface area contributed by atoms with Gasteiger partial charge in [-0.05, 0) is 48.9 Å². The lowest BCUT2D eigenvalue weighted by atomic mass is 10.2. The first-order valence-corrected chi connectivity index (χ1v) is 9.84. The van der Waals surface area contributed by atoms with Gasteiger partial charge in [0.2, 0.25) is 5.91 Å². The molecule has 29 heavy (non-hydrogen) atoms. The number of fused-ring (bicyclic) bond motifs is 1. The topological polar surface area (TPSA) is 71.5 Å². The summed E-state index contributed by atoms with van der Waals surface area (Å²) in [4.78, 5) is 30.3. The SMILES string of the molecule is O=C(COc1ccc(Cl)c2cccnc12)Nc1cc(N2CCCC2=O)ccc1Cl. The molecule has 3 aromatic rings. The van der Waals surface area contributed by atoms with Crippen molar-refractivity contribution in [1.29, 1.82) is 0 Å². The fourth-order valence-electron chi connectivity index (χ4n) is 3.26. The number of hydrogen-bond acceptors (Lipinski definition) is 4. The third kappa shape index (κ3) is 4.13. The van der Waals surface area contributed by atoms with E-state index in [-0.39, 0.29) is 18.4 Å². The molecule has 1 aliphatic rings. The fraction of sp³-hybridized carbons (Fsp3) is 0.190. The molecule has 1 aromatic heterocycles. The number of anilines is 2. The molecule has 0 spiro atoms. The molecule has 2 heterocycles. The van der Waals surface area contributed by atoms with Crippen molar-refractivity contribution < 1.29 is 14.3 Å². The third-order valence-corrected chi connectivity index (χ3v) is 5.31. The summed E-state index contributed by atoms with van der Waals surface area (Å²) in [6.45, 7) is 0.435. The molecule has 0 aliphatic carbocycles. The van der Waals surface area contributed by atoms with Crippen LogP contribution in [0.5, 0.6) is 5.75 Å². The summed E-state index contributed by atoms with van der Waals surface area (Å²) in [6, 6.07) is 12.1. The molecule has 0 bridgehead atoms. The minimum atomic E-state index is -0.379. The zero-order valence-corrected chi connectivity index (χ0v) is 16.8. The van der Waals surface area contributed by atoms with Crippen molar-refractivity contribution in [2.24, 2.45) is 0 Å². The van der Waals surface area contributed by atoms with E-state index in [0.717, 1.165) is 11.8 Å². The summed E-state index contributed by atoms with van der Waals surface area (Å²) >= 11 is 12.4. The summed E-state index contributed by atoms with van der Waals surface area (Å²) in [7, 11) is 0. The zero-order valence-electron chi connectivity index (χ0n) is 15.3. The average Bonchev–Trinajstić information content (AvgIpc) is 3.15. The number of amides is 2. The maximum Gasteiger partial charge on any atom is 0.262 e. The molecule has 148 valence electrons. The number of carbonyl (C=O) groups is 2. The van der Waals surface area contributed by atoms with Crippen LogP contribution in [0.4, 0.5) is 11.4 Å². The second-order valence-corrected chi connectivity index (χ2v) is 7.41. The Bertz CT molecular complexity index is 1100. The Hall–Kier alpha value is -2.83. The van der Waals surface area contributed by atoms with Gasteiger partial charge in [-0.2, -0.15) is 0 Å². The summed E-state index contributed by atoms with van der Waals surface area (Å²) in [5, 5.41) is 4.43. The second kappa shape index (κ2) is 8.27. The molecular formula is C21H17Cl2N3O3. The molecule has 0 radical (unpaired) electrons. The summed E-state index contributed by atoms with van der Waals surface area (Å²) in [5.41, 5.74) is 1.72. The van der Waals surface area contributed by atoms with Crippen LogP contribution in [0, 0.1) is 0 Å². The van der Waals surface area contributed by atoms with Crippen molar-refractivity contribution in [2.75, 3.05) is 23.4 Å². The van der Waals surface area contributed by atoms with Crippen molar-refractivity contribution in [3.8, 4) is 5.75 Å². The number of benzene rings is 2. The summed E-state index contributed by atoms with van der Waals surface area (Å²) < 4.78 is 5.65. The van der Waals surface area contributed by atoms with Crippen LogP contribution >= 0.6 is 23.2 Å². The van der Waals surface area contributed by atoms with Crippen LogP contribution in [0.15, 0.2) is 48.7 Å². The third-order valence-electron chi connectivity index (χ3n) is 4.65.